The van der Waals surface area contributed by atoms with E-state index in [1.165, 1.54) is 0 Å². The van der Waals surface area contributed by atoms with Gasteiger partial charge in [0.2, 0.25) is 5.28 Å². The Hall–Kier alpha value is -0.840. The number of rotatable bonds is 8. The third-order valence-electron chi connectivity index (χ3n) is 6.36. The number of hydrogen-bond acceptors (Lipinski definition) is 9. The number of fused-ring (bicyclic) bond motifs is 4. The van der Waals surface area contributed by atoms with Gasteiger partial charge in [-0.3, -0.25) is 13.6 Å². The van der Waals surface area contributed by atoms with Crippen molar-refractivity contribution in [2.24, 2.45) is 11.3 Å². The van der Waals surface area contributed by atoms with E-state index in [2.05, 4.69) is 15.0 Å². The van der Waals surface area contributed by atoms with Crippen LogP contribution in [0.15, 0.2) is 6.33 Å². The van der Waals surface area contributed by atoms with Gasteiger partial charge in [0.25, 0.3) is 0 Å². The number of aromatic nitrogens is 4. The maximum atomic E-state index is 12.9. The molecule has 3 fully saturated rings. The van der Waals surface area contributed by atoms with Crippen LogP contribution in [-0.2, 0) is 27.6 Å². The van der Waals surface area contributed by atoms with Crippen molar-refractivity contribution in [1.82, 2.24) is 19.5 Å². The first-order valence-corrected chi connectivity index (χ1v) is 12.8. The molecule has 176 valence electrons. The molecule has 0 N–H and O–H groups in total. The normalized spacial score (nSPS) is 32.9. The fourth-order valence-electron chi connectivity index (χ4n) is 5.15. The van der Waals surface area contributed by atoms with Crippen LogP contribution in [0, 0.1) is 11.3 Å². The minimum absolute atomic E-state index is 0.0440. The number of hydrogen-bond donors (Lipinski definition) is 0. The molecule has 5 atom stereocenters. The highest BCUT2D eigenvalue weighted by atomic mass is 35.5. The van der Waals surface area contributed by atoms with E-state index in [9.17, 15) is 4.57 Å². The minimum Gasteiger partial charge on any atom is -0.344 e. The van der Waals surface area contributed by atoms with Crippen LogP contribution in [0.2, 0.25) is 10.4 Å². The summed E-state index contributed by atoms with van der Waals surface area (Å²) in [6, 6.07) is -0.143. The highest BCUT2D eigenvalue weighted by Gasteiger charge is 2.76. The molecule has 2 saturated carbocycles. The van der Waals surface area contributed by atoms with Gasteiger partial charge in [-0.25, -0.2) is 14.5 Å². The second kappa shape index (κ2) is 7.85. The molecule has 32 heavy (non-hydrogen) atoms. The van der Waals surface area contributed by atoms with E-state index in [1.807, 2.05) is 18.4 Å². The SMILES string of the molecule is CCOP(=O)(OCC)OC[C@@]12C[C@@H]1[C@@H](n1cnc3c(Cl)nc(Cl)nc31)[C@@H]1OC(C)(C)O[C@@H]12. The third-order valence-corrected chi connectivity index (χ3v) is 8.39. The molecule has 10 nitrogen and oxygen atoms in total. The molecule has 0 unspecified atom stereocenters. The Bertz CT molecular complexity index is 1090. The molecule has 5 rings (SSSR count). The summed E-state index contributed by atoms with van der Waals surface area (Å²) in [7, 11) is -3.66. The van der Waals surface area contributed by atoms with Crippen LogP contribution < -0.4 is 0 Å². The summed E-state index contributed by atoms with van der Waals surface area (Å²) in [5.74, 6) is -0.659. The zero-order valence-electron chi connectivity index (χ0n) is 18.2. The average Bonchev–Trinajstić information content (AvgIpc) is 2.96. The molecule has 13 heteroatoms. The Morgan fingerprint density at radius 1 is 1.19 bits per heavy atom. The standard InChI is InChI=1S/C19H25Cl2N4O6P/c1-5-27-32(26,28-6-2)29-8-19-7-10(19)12(13-14(19)31-18(3,4)30-13)25-9-22-11-15(20)23-17(21)24-16(11)25/h9-10,12-14H,5-8H2,1-4H3/t10-,12-,13+,14+,19+/m1/s1. The van der Waals surface area contributed by atoms with Gasteiger partial charge in [-0.05, 0) is 51.6 Å². The van der Waals surface area contributed by atoms with Gasteiger partial charge in [0, 0.05) is 5.41 Å². The van der Waals surface area contributed by atoms with Crippen molar-refractivity contribution in [1.29, 1.82) is 0 Å². The summed E-state index contributed by atoms with van der Waals surface area (Å²) < 4.78 is 43.9. The number of ether oxygens (including phenoxy) is 2. The van der Waals surface area contributed by atoms with Crippen molar-refractivity contribution >= 4 is 42.2 Å². The van der Waals surface area contributed by atoms with E-state index in [0.717, 1.165) is 6.42 Å². The maximum absolute atomic E-state index is 12.9. The first-order chi connectivity index (χ1) is 15.1. The van der Waals surface area contributed by atoms with E-state index < -0.39 is 19.0 Å². The van der Waals surface area contributed by atoms with E-state index in [0.29, 0.717) is 11.2 Å². The first-order valence-electron chi connectivity index (χ1n) is 10.6. The predicted octanol–water partition coefficient (Wildman–Crippen LogP) is 4.41. The highest BCUT2D eigenvalue weighted by molar-refractivity contribution is 7.48. The van der Waals surface area contributed by atoms with Gasteiger partial charge >= 0.3 is 7.82 Å². The van der Waals surface area contributed by atoms with Crippen molar-refractivity contribution in [2.75, 3.05) is 19.8 Å². The highest BCUT2D eigenvalue weighted by Crippen LogP contribution is 2.72. The van der Waals surface area contributed by atoms with Crippen molar-refractivity contribution in [3.63, 3.8) is 0 Å². The number of imidazole rings is 1. The largest absolute Gasteiger partial charge is 0.474 e. The lowest BCUT2D eigenvalue weighted by Crippen LogP contribution is -2.33. The Balaban J connectivity index is 1.49. The molecule has 0 amide bonds. The van der Waals surface area contributed by atoms with Crippen LogP contribution in [0.1, 0.15) is 40.2 Å². The van der Waals surface area contributed by atoms with Gasteiger partial charge in [-0.1, -0.05) is 11.6 Å². The second-order valence-electron chi connectivity index (χ2n) is 8.72. The summed E-state index contributed by atoms with van der Waals surface area (Å²) >= 11 is 12.3. The van der Waals surface area contributed by atoms with Crippen molar-refractivity contribution in [3.05, 3.63) is 16.8 Å². The van der Waals surface area contributed by atoms with Crippen LogP contribution in [0.25, 0.3) is 11.2 Å². The Morgan fingerprint density at radius 3 is 2.59 bits per heavy atom. The van der Waals surface area contributed by atoms with Crippen LogP contribution in [0.3, 0.4) is 0 Å². The zero-order valence-corrected chi connectivity index (χ0v) is 20.6. The van der Waals surface area contributed by atoms with Crippen LogP contribution >= 0.6 is 31.0 Å². The van der Waals surface area contributed by atoms with Crippen molar-refractivity contribution < 1.29 is 27.6 Å². The summed E-state index contributed by atoms with van der Waals surface area (Å²) in [5.41, 5.74) is 0.604. The number of halogens is 2. The molecule has 2 aromatic rings. The summed E-state index contributed by atoms with van der Waals surface area (Å²) in [5, 5.41) is 0.236. The predicted molar refractivity (Wildman–Crippen MR) is 116 cm³/mol. The molecule has 0 bridgehead atoms. The van der Waals surface area contributed by atoms with Crippen LogP contribution in [-0.4, -0.2) is 57.3 Å². The lowest BCUT2D eigenvalue weighted by atomic mass is 10.0. The topological polar surface area (TPSA) is 107 Å². The van der Waals surface area contributed by atoms with Gasteiger partial charge in [0.15, 0.2) is 16.6 Å². The second-order valence-corrected chi connectivity index (χ2v) is 11.1. The smallest absolute Gasteiger partial charge is 0.344 e. The quantitative estimate of drug-likeness (QED) is 0.292. The van der Waals surface area contributed by atoms with Gasteiger partial charge < -0.3 is 14.0 Å². The third kappa shape index (κ3) is 3.60. The van der Waals surface area contributed by atoms with Crippen LogP contribution in [0.4, 0.5) is 0 Å². The van der Waals surface area contributed by atoms with Gasteiger partial charge in [0.1, 0.15) is 11.6 Å². The summed E-state index contributed by atoms with van der Waals surface area (Å²) in [6.45, 7) is 7.84. The Labute approximate surface area is 195 Å². The fourth-order valence-corrected chi connectivity index (χ4v) is 6.83. The monoisotopic (exact) mass is 506 g/mol. The van der Waals surface area contributed by atoms with Gasteiger partial charge in [-0.2, -0.15) is 4.98 Å². The Kier molecular flexibility index (Phi) is 5.62. The molecule has 1 saturated heterocycles. The lowest BCUT2D eigenvalue weighted by Gasteiger charge is -2.25. The van der Waals surface area contributed by atoms with Crippen molar-refractivity contribution in [3.8, 4) is 0 Å². The molecular formula is C19H25Cl2N4O6P. The molecule has 3 heterocycles. The molecule has 0 spiro atoms. The number of nitrogens with zero attached hydrogens (tertiary/aromatic N) is 4. The zero-order chi connectivity index (χ0) is 22.9. The van der Waals surface area contributed by atoms with Crippen molar-refractivity contribution in [2.45, 2.75) is 58.2 Å². The molecule has 0 radical (unpaired) electrons. The summed E-state index contributed by atoms with van der Waals surface area (Å²) in [4.78, 5) is 12.7. The molecule has 2 aliphatic carbocycles. The molecular weight excluding hydrogens is 482 g/mol. The number of phosphoric ester groups is 1. The van der Waals surface area contributed by atoms with Crippen LogP contribution in [0.5, 0.6) is 0 Å². The van der Waals surface area contributed by atoms with Gasteiger partial charge in [0.05, 0.1) is 38.3 Å². The minimum atomic E-state index is -3.66. The van der Waals surface area contributed by atoms with E-state index in [-0.39, 0.29) is 54.4 Å². The summed E-state index contributed by atoms with van der Waals surface area (Å²) in [6.07, 6.45) is 1.92. The van der Waals surface area contributed by atoms with Gasteiger partial charge in [-0.15, -0.1) is 0 Å². The average molecular weight is 507 g/mol. The Morgan fingerprint density at radius 2 is 1.91 bits per heavy atom. The van der Waals surface area contributed by atoms with E-state index in [4.69, 9.17) is 46.2 Å². The lowest BCUT2D eigenvalue weighted by molar-refractivity contribution is -0.162. The molecule has 3 aliphatic rings. The molecule has 1 aliphatic heterocycles. The van der Waals surface area contributed by atoms with E-state index in [1.54, 1.807) is 20.2 Å². The first kappa shape index (κ1) is 22.9. The molecule has 0 aromatic carbocycles. The molecule has 2 aromatic heterocycles. The fraction of sp³-hybridized carbons (Fsp3) is 0.737. The van der Waals surface area contributed by atoms with E-state index >= 15 is 0 Å². The maximum Gasteiger partial charge on any atom is 0.474 e. The number of phosphoric acid groups is 1.